The van der Waals surface area contributed by atoms with Crippen molar-refractivity contribution in [2.75, 3.05) is 9.80 Å². The zero-order valence-electron chi connectivity index (χ0n) is 38.6. The second kappa shape index (κ2) is 18.8. The summed E-state index contributed by atoms with van der Waals surface area (Å²) in [7, 11) is 0. The highest BCUT2D eigenvalue weighted by molar-refractivity contribution is 6.02. The predicted molar refractivity (Wildman–Crippen MR) is 298 cm³/mol. The molecule has 12 aromatic carbocycles. The maximum absolute atomic E-state index is 2.41. The molecule has 0 bridgehead atoms. The van der Waals surface area contributed by atoms with Crippen molar-refractivity contribution in [3.8, 4) is 55.6 Å². The number of nitrogens with zero attached hydrogens (tertiary/aromatic N) is 2. The summed E-state index contributed by atoms with van der Waals surface area (Å²) in [5.41, 5.74) is 18.4. The second-order valence-electron chi connectivity index (χ2n) is 17.7. The summed E-state index contributed by atoms with van der Waals surface area (Å²) in [6.45, 7) is 0. The molecule has 2 nitrogen and oxygen atoms in total. The Morgan fingerprint density at radius 2 is 0.500 bits per heavy atom. The SMILES string of the molecule is c1ccc(-c2ccc(N(c3ccc(-c4ccc(-c5ccc(N(c6ccccc6)c6cccc7ccccc67)cc5-c5ccccc5)cc4)c(-c4ccccc4)c3)c3cccc4ccccc34)cc2)cc1. The normalized spacial score (nSPS) is 11.1. The average molecular weight is 893 g/mol. The van der Waals surface area contributed by atoms with Crippen molar-refractivity contribution in [2.24, 2.45) is 0 Å². The standard InChI is InChI=1S/C68H48N2/c1-5-19-49(20-6-1)50-39-41-58(42-40-50)70(68-34-18-28-52-26-14-16-32-64(52)68)60-44-46-62(66(48-60)54-23-9-3-10-24-54)56-37-35-55(36-38-56)61-45-43-59(47-65(61)53-21-7-2-8-22-53)69(57-29-11-4-12-30-57)67-33-17-27-51-25-13-15-31-63(51)67/h1-48H. The summed E-state index contributed by atoms with van der Waals surface area (Å²) in [6, 6.07) is 105. The first-order valence-corrected chi connectivity index (χ1v) is 24.0. The molecule has 70 heavy (non-hydrogen) atoms. The molecule has 0 radical (unpaired) electrons. The minimum absolute atomic E-state index is 1.09. The van der Waals surface area contributed by atoms with Gasteiger partial charge in [-0.1, -0.05) is 231 Å². The van der Waals surface area contributed by atoms with E-state index in [-0.39, 0.29) is 0 Å². The average Bonchev–Trinajstić information content (AvgIpc) is 3.44. The summed E-state index contributed by atoms with van der Waals surface area (Å²) in [5, 5.41) is 4.81. The van der Waals surface area contributed by atoms with Gasteiger partial charge in [0.15, 0.2) is 0 Å². The minimum atomic E-state index is 1.09. The number of para-hydroxylation sites is 1. The summed E-state index contributed by atoms with van der Waals surface area (Å²) < 4.78 is 0. The van der Waals surface area contributed by atoms with E-state index >= 15 is 0 Å². The molecule has 0 unspecified atom stereocenters. The van der Waals surface area contributed by atoms with E-state index in [4.69, 9.17) is 0 Å². The fourth-order valence-electron chi connectivity index (χ4n) is 10.1. The van der Waals surface area contributed by atoms with Crippen molar-refractivity contribution >= 4 is 55.7 Å². The summed E-state index contributed by atoms with van der Waals surface area (Å²) in [6.07, 6.45) is 0. The van der Waals surface area contributed by atoms with Gasteiger partial charge in [-0.15, -0.1) is 0 Å². The van der Waals surface area contributed by atoms with Crippen LogP contribution in [0.25, 0.3) is 77.2 Å². The lowest BCUT2D eigenvalue weighted by Crippen LogP contribution is -2.11. The van der Waals surface area contributed by atoms with E-state index in [1.165, 1.54) is 60.5 Å². The molecule has 12 aromatic rings. The van der Waals surface area contributed by atoms with E-state index in [1.54, 1.807) is 0 Å². The van der Waals surface area contributed by atoms with Gasteiger partial charge in [0.2, 0.25) is 0 Å². The number of fused-ring (bicyclic) bond motifs is 2. The molecule has 0 atom stereocenters. The van der Waals surface area contributed by atoms with E-state index in [1.807, 2.05) is 0 Å². The number of hydrogen-bond donors (Lipinski definition) is 0. The summed E-state index contributed by atoms with van der Waals surface area (Å²) >= 11 is 0. The zero-order valence-corrected chi connectivity index (χ0v) is 38.6. The van der Waals surface area contributed by atoms with Gasteiger partial charge in [-0.05, 0) is 127 Å². The maximum Gasteiger partial charge on any atom is 0.0540 e. The molecule has 12 rings (SSSR count). The Morgan fingerprint density at radius 1 is 0.186 bits per heavy atom. The van der Waals surface area contributed by atoms with Gasteiger partial charge in [0.25, 0.3) is 0 Å². The quantitative estimate of drug-likeness (QED) is 0.128. The highest BCUT2D eigenvalue weighted by Crippen LogP contribution is 2.46. The molecule has 0 spiro atoms. The molecule has 0 aliphatic carbocycles. The molecule has 330 valence electrons. The highest BCUT2D eigenvalue weighted by atomic mass is 15.1. The summed E-state index contributed by atoms with van der Waals surface area (Å²) in [5.74, 6) is 0. The van der Waals surface area contributed by atoms with Crippen LogP contribution in [-0.4, -0.2) is 0 Å². The van der Waals surface area contributed by atoms with Gasteiger partial charge in [0.05, 0.1) is 11.4 Å². The molecule has 2 heteroatoms. The lowest BCUT2D eigenvalue weighted by Gasteiger charge is -2.28. The van der Waals surface area contributed by atoms with Crippen LogP contribution in [0.2, 0.25) is 0 Å². The molecule has 0 heterocycles. The fourth-order valence-corrected chi connectivity index (χ4v) is 10.1. The zero-order chi connectivity index (χ0) is 46.6. The third kappa shape index (κ3) is 8.19. The Kier molecular flexibility index (Phi) is 11.3. The third-order valence-corrected chi connectivity index (χ3v) is 13.5. The van der Waals surface area contributed by atoms with Gasteiger partial charge >= 0.3 is 0 Å². The lowest BCUT2D eigenvalue weighted by molar-refractivity contribution is 1.30. The Bertz CT molecular complexity index is 3730. The molecule has 0 saturated carbocycles. The number of rotatable bonds is 11. The van der Waals surface area contributed by atoms with Crippen LogP contribution in [-0.2, 0) is 0 Å². The first-order valence-electron chi connectivity index (χ1n) is 24.0. The van der Waals surface area contributed by atoms with E-state index in [0.29, 0.717) is 0 Å². The van der Waals surface area contributed by atoms with Crippen LogP contribution in [0.5, 0.6) is 0 Å². The number of hydrogen-bond acceptors (Lipinski definition) is 2. The number of anilines is 6. The molecular weight excluding hydrogens is 845 g/mol. The minimum Gasteiger partial charge on any atom is -0.310 e. The molecule has 0 aliphatic heterocycles. The number of benzene rings is 12. The van der Waals surface area contributed by atoms with Crippen molar-refractivity contribution in [3.05, 3.63) is 291 Å². The van der Waals surface area contributed by atoms with Crippen molar-refractivity contribution in [3.63, 3.8) is 0 Å². The summed E-state index contributed by atoms with van der Waals surface area (Å²) in [4.78, 5) is 4.79. The highest BCUT2D eigenvalue weighted by Gasteiger charge is 2.21. The Morgan fingerprint density at radius 3 is 0.957 bits per heavy atom. The van der Waals surface area contributed by atoms with Gasteiger partial charge in [0, 0.05) is 33.5 Å². The predicted octanol–water partition coefficient (Wildman–Crippen LogP) is 19.3. The van der Waals surface area contributed by atoms with E-state index < -0.39 is 0 Å². The Labute approximate surface area is 410 Å². The lowest BCUT2D eigenvalue weighted by atomic mass is 9.90. The van der Waals surface area contributed by atoms with Gasteiger partial charge in [0.1, 0.15) is 0 Å². The maximum atomic E-state index is 2.41. The molecule has 0 amide bonds. The molecule has 0 aromatic heterocycles. The van der Waals surface area contributed by atoms with Crippen LogP contribution in [0.15, 0.2) is 291 Å². The first-order chi connectivity index (χ1) is 34.7. The van der Waals surface area contributed by atoms with Crippen LogP contribution in [0.3, 0.4) is 0 Å². The third-order valence-electron chi connectivity index (χ3n) is 13.5. The van der Waals surface area contributed by atoms with Gasteiger partial charge < -0.3 is 9.80 Å². The second-order valence-corrected chi connectivity index (χ2v) is 17.7. The molecule has 0 fully saturated rings. The molecule has 0 aliphatic rings. The smallest absolute Gasteiger partial charge is 0.0540 e. The Balaban J connectivity index is 0.964. The first kappa shape index (κ1) is 42.1. The van der Waals surface area contributed by atoms with Crippen molar-refractivity contribution in [2.45, 2.75) is 0 Å². The van der Waals surface area contributed by atoms with E-state index in [0.717, 1.165) is 50.8 Å². The molecule has 0 saturated heterocycles. The molecule has 0 N–H and O–H groups in total. The molecular formula is C68H48N2. The van der Waals surface area contributed by atoms with Crippen molar-refractivity contribution in [1.29, 1.82) is 0 Å². The van der Waals surface area contributed by atoms with Crippen LogP contribution >= 0.6 is 0 Å². The fraction of sp³-hybridized carbons (Fsp3) is 0. The largest absolute Gasteiger partial charge is 0.310 e. The topological polar surface area (TPSA) is 6.48 Å². The van der Waals surface area contributed by atoms with E-state index in [9.17, 15) is 0 Å². The van der Waals surface area contributed by atoms with Crippen LogP contribution in [0, 0.1) is 0 Å². The van der Waals surface area contributed by atoms with Gasteiger partial charge in [-0.3, -0.25) is 0 Å². The van der Waals surface area contributed by atoms with Crippen LogP contribution in [0.4, 0.5) is 34.1 Å². The van der Waals surface area contributed by atoms with Crippen LogP contribution in [0.1, 0.15) is 0 Å². The van der Waals surface area contributed by atoms with Crippen molar-refractivity contribution < 1.29 is 0 Å². The monoisotopic (exact) mass is 892 g/mol. The van der Waals surface area contributed by atoms with Crippen LogP contribution < -0.4 is 9.80 Å². The Hall–Kier alpha value is -9.24. The van der Waals surface area contributed by atoms with Gasteiger partial charge in [-0.25, -0.2) is 0 Å². The van der Waals surface area contributed by atoms with Crippen molar-refractivity contribution in [1.82, 2.24) is 0 Å². The van der Waals surface area contributed by atoms with E-state index in [2.05, 4.69) is 301 Å². The van der Waals surface area contributed by atoms with Gasteiger partial charge in [-0.2, -0.15) is 0 Å².